The summed E-state index contributed by atoms with van der Waals surface area (Å²) in [6.07, 6.45) is 0. The van der Waals surface area contributed by atoms with Crippen molar-refractivity contribution >= 4 is 22.4 Å². The fraction of sp³-hybridized carbons (Fsp3) is 0.111. The van der Waals surface area contributed by atoms with Crippen LogP contribution in [-0.4, -0.2) is 10.9 Å². The van der Waals surface area contributed by atoms with Crippen LogP contribution in [-0.2, 0) is 6.54 Å². The number of rotatable bonds is 4. The SMILES string of the molecule is Cc1ccc(CNC(=O)c2sc(N)nc2-c2ccccc2)cc1. The molecule has 0 bridgehead atoms. The van der Waals surface area contributed by atoms with Crippen LogP contribution in [0.25, 0.3) is 11.3 Å². The molecule has 0 aliphatic carbocycles. The molecule has 3 aromatic rings. The molecule has 0 saturated heterocycles. The summed E-state index contributed by atoms with van der Waals surface area (Å²) in [6.45, 7) is 2.51. The van der Waals surface area contributed by atoms with Gasteiger partial charge in [-0.1, -0.05) is 71.5 Å². The van der Waals surface area contributed by atoms with Gasteiger partial charge in [0.15, 0.2) is 5.13 Å². The zero-order chi connectivity index (χ0) is 16.2. The van der Waals surface area contributed by atoms with Gasteiger partial charge >= 0.3 is 0 Å². The molecule has 3 rings (SSSR count). The number of nitrogens with two attached hydrogens (primary N) is 1. The first-order valence-electron chi connectivity index (χ1n) is 7.29. The third-order valence-electron chi connectivity index (χ3n) is 3.47. The number of carbonyl (C=O) groups is 1. The Morgan fingerprint density at radius 2 is 1.83 bits per heavy atom. The second-order valence-corrected chi connectivity index (χ2v) is 6.29. The van der Waals surface area contributed by atoms with E-state index in [2.05, 4.69) is 10.3 Å². The molecule has 0 radical (unpaired) electrons. The quantitative estimate of drug-likeness (QED) is 0.770. The second kappa shape index (κ2) is 6.62. The molecule has 0 unspecified atom stereocenters. The molecule has 0 saturated carbocycles. The van der Waals surface area contributed by atoms with Crippen LogP contribution in [0.2, 0.25) is 0 Å². The Hall–Kier alpha value is -2.66. The first-order valence-corrected chi connectivity index (χ1v) is 8.10. The molecule has 4 nitrogen and oxygen atoms in total. The van der Waals surface area contributed by atoms with Gasteiger partial charge in [-0.3, -0.25) is 4.79 Å². The molecule has 1 amide bonds. The van der Waals surface area contributed by atoms with E-state index in [0.717, 1.165) is 11.1 Å². The fourth-order valence-electron chi connectivity index (χ4n) is 2.25. The molecule has 2 aromatic carbocycles. The van der Waals surface area contributed by atoms with Crippen LogP contribution < -0.4 is 11.1 Å². The summed E-state index contributed by atoms with van der Waals surface area (Å²) in [6, 6.07) is 17.7. The number of thiazole rings is 1. The highest BCUT2D eigenvalue weighted by Crippen LogP contribution is 2.29. The minimum absolute atomic E-state index is 0.154. The van der Waals surface area contributed by atoms with Gasteiger partial charge in [-0.05, 0) is 12.5 Å². The molecule has 3 N–H and O–H groups in total. The molecular weight excluding hydrogens is 306 g/mol. The number of benzene rings is 2. The van der Waals surface area contributed by atoms with E-state index in [0.29, 0.717) is 22.2 Å². The van der Waals surface area contributed by atoms with Crippen molar-refractivity contribution in [1.82, 2.24) is 10.3 Å². The lowest BCUT2D eigenvalue weighted by atomic mass is 10.1. The Morgan fingerprint density at radius 3 is 2.52 bits per heavy atom. The van der Waals surface area contributed by atoms with E-state index >= 15 is 0 Å². The first kappa shape index (κ1) is 15.2. The zero-order valence-corrected chi connectivity index (χ0v) is 13.6. The summed E-state index contributed by atoms with van der Waals surface area (Å²) in [4.78, 5) is 17.3. The minimum atomic E-state index is -0.154. The summed E-state index contributed by atoms with van der Waals surface area (Å²) in [5.74, 6) is -0.154. The standard InChI is InChI=1S/C18H17N3OS/c1-12-7-9-13(10-8-12)11-20-17(22)16-15(21-18(19)23-16)14-5-3-2-4-6-14/h2-10H,11H2,1H3,(H2,19,21)(H,20,22). The van der Waals surface area contributed by atoms with Crippen LogP contribution in [0.15, 0.2) is 54.6 Å². The molecule has 1 aromatic heterocycles. The molecule has 116 valence electrons. The average molecular weight is 323 g/mol. The van der Waals surface area contributed by atoms with Gasteiger partial charge in [0, 0.05) is 12.1 Å². The predicted octanol–water partition coefficient (Wildman–Crippen LogP) is 3.63. The number of amides is 1. The van der Waals surface area contributed by atoms with Gasteiger partial charge in [-0.2, -0.15) is 0 Å². The van der Waals surface area contributed by atoms with Crippen molar-refractivity contribution in [2.24, 2.45) is 0 Å². The van der Waals surface area contributed by atoms with Gasteiger partial charge in [-0.25, -0.2) is 4.98 Å². The smallest absolute Gasteiger partial charge is 0.264 e. The first-order chi connectivity index (χ1) is 11.1. The van der Waals surface area contributed by atoms with E-state index in [-0.39, 0.29) is 5.91 Å². The number of nitrogens with one attached hydrogen (secondary N) is 1. The summed E-state index contributed by atoms with van der Waals surface area (Å²) in [5, 5.41) is 3.33. The number of hydrogen-bond acceptors (Lipinski definition) is 4. The molecule has 5 heteroatoms. The van der Waals surface area contributed by atoms with Crippen molar-refractivity contribution in [2.75, 3.05) is 5.73 Å². The average Bonchev–Trinajstić information content (AvgIpc) is 2.97. The molecule has 0 fully saturated rings. The van der Waals surface area contributed by atoms with Crippen LogP contribution in [0.1, 0.15) is 20.8 Å². The minimum Gasteiger partial charge on any atom is -0.375 e. The Morgan fingerprint density at radius 1 is 1.13 bits per heavy atom. The summed E-state index contributed by atoms with van der Waals surface area (Å²) >= 11 is 1.21. The molecule has 0 aliphatic heterocycles. The number of aryl methyl sites for hydroxylation is 1. The number of carbonyl (C=O) groups excluding carboxylic acids is 1. The number of aromatic nitrogens is 1. The van der Waals surface area contributed by atoms with Crippen LogP contribution in [0, 0.1) is 6.92 Å². The van der Waals surface area contributed by atoms with E-state index in [1.165, 1.54) is 16.9 Å². The van der Waals surface area contributed by atoms with E-state index in [9.17, 15) is 4.79 Å². The number of nitrogen functional groups attached to an aromatic ring is 1. The van der Waals surface area contributed by atoms with Crippen molar-refractivity contribution in [3.05, 3.63) is 70.6 Å². The molecule has 0 aliphatic rings. The summed E-state index contributed by atoms with van der Waals surface area (Å²) in [5.41, 5.74) is 9.58. The number of hydrogen-bond donors (Lipinski definition) is 2. The monoisotopic (exact) mass is 323 g/mol. The van der Waals surface area contributed by atoms with Gasteiger partial charge in [0.05, 0.1) is 5.69 Å². The van der Waals surface area contributed by atoms with Gasteiger partial charge in [0.25, 0.3) is 5.91 Å². The second-order valence-electron chi connectivity index (χ2n) is 5.26. The summed E-state index contributed by atoms with van der Waals surface area (Å²) in [7, 11) is 0. The summed E-state index contributed by atoms with van der Waals surface area (Å²) < 4.78 is 0. The number of anilines is 1. The predicted molar refractivity (Wildman–Crippen MR) is 94.3 cm³/mol. The Balaban J connectivity index is 1.79. The van der Waals surface area contributed by atoms with Crippen molar-refractivity contribution in [3.8, 4) is 11.3 Å². The maximum Gasteiger partial charge on any atom is 0.264 e. The molecular formula is C18H17N3OS. The fourth-order valence-corrected chi connectivity index (χ4v) is 3.02. The molecule has 0 spiro atoms. The highest BCUT2D eigenvalue weighted by molar-refractivity contribution is 7.17. The Labute approximate surface area is 139 Å². The molecule has 23 heavy (non-hydrogen) atoms. The van der Waals surface area contributed by atoms with Gasteiger partial charge in [-0.15, -0.1) is 0 Å². The van der Waals surface area contributed by atoms with Gasteiger partial charge in [0.2, 0.25) is 0 Å². The molecule has 1 heterocycles. The lowest BCUT2D eigenvalue weighted by Gasteiger charge is -2.06. The largest absolute Gasteiger partial charge is 0.375 e. The third kappa shape index (κ3) is 3.57. The van der Waals surface area contributed by atoms with Crippen LogP contribution in [0.5, 0.6) is 0 Å². The normalized spacial score (nSPS) is 10.5. The van der Waals surface area contributed by atoms with Crippen molar-refractivity contribution in [3.63, 3.8) is 0 Å². The Bertz CT molecular complexity index is 810. The van der Waals surface area contributed by atoms with E-state index in [1.807, 2.05) is 61.5 Å². The Kier molecular flexibility index (Phi) is 4.39. The van der Waals surface area contributed by atoms with Crippen LogP contribution in [0.3, 0.4) is 0 Å². The van der Waals surface area contributed by atoms with Gasteiger partial charge in [0.1, 0.15) is 4.88 Å². The highest BCUT2D eigenvalue weighted by atomic mass is 32.1. The van der Waals surface area contributed by atoms with Crippen molar-refractivity contribution < 1.29 is 4.79 Å². The van der Waals surface area contributed by atoms with E-state index in [1.54, 1.807) is 0 Å². The van der Waals surface area contributed by atoms with E-state index < -0.39 is 0 Å². The zero-order valence-electron chi connectivity index (χ0n) is 12.7. The maximum atomic E-state index is 12.5. The highest BCUT2D eigenvalue weighted by Gasteiger charge is 2.18. The van der Waals surface area contributed by atoms with Crippen LogP contribution >= 0.6 is 11.3 Å². The van der Waals surface area contributed by atoms with Gasteiger partial charge < -0.3 is 11.1 Å². The third-order valence-corrected chi connectivity index (χ3v) is 4.35. The van der Waals surface area contributed by atoms with Crippen molar-refractivity contribution in [1.29, 1.82) is 0 Å². The lowest BCUT2D eigenvalue weighted by Crippen LogP contribution is -2.22. The van der Waals surface area contributed by atoms with E-state index in [4.69, 9.17) is 5.73 Å². The number of nitrogens with zero attached hydrogens (tertiary/aromatic N) is 1. The van der Waals surface area contributed by atoms with Crippen molar-refractivity contribution in [2.45, 2.75) is 13.5 Å². The van der Waals surface area contributed by atoms with Crippen LogP contribution in [0.4, 0.5) is 5.13 Å². The topological polar surface area (TPSA) is 68.0 Å². The lowest BCUT2D eigenvalue weighted by molar-refractivity contribution is 0.0955. The molecule has 0 atom stereocenters. The maximum absolute atomic E-state index is 12.5.